The van der Waals surface area contributed by atoms with Gasteiger partial charge in [0.25, 0.3) is 5.91 Å². The van der Waals surface area contributed by atoms with Crippen molar-refractivity contribution >= 4 is 27.4 Å². The molecule has 1 aliphatic heterocycles. The van der Waals surface area contributed by atoms with Crippen molar-refractivity contribution in [3.8, 4) is 0 Å². The molecule has 0 unspecified atom stereocenters. The van der Waals surface area contributed by atoms with Crippen molar-refractivity contribution < 1.29 is 27.9 Å². The van der Waals surface area contributed by atoms with E-state index in [-0.39, 0.29) is 10.5 Å². The van der Waals surface area contributed by atoms with E-state index in [9.17, 15) is 23.1 Å². The van der Waals surface area contributed by atoms with E-state index in [1.807, 2.05) is 13.0 Å². The van der Waals surface area contributed by atoms with Gasteiger partial charge in [0, 0.05) is 5.69 Å². The number of amides is 1. The predicted octanol–water partition coefficient (Wildman–Crippen LogP) is 4.37. The van der Waals surface area contributed by atoms with Crippen LogP contribution in [0, 0.1) is 0 Å². The van der Waals surface area contributed by atoms with Gasteiger partial charge in [-0.3, -0.25) is 9.69 Å². The number of methoxy groups -OCH3 is 1. The van der Waals surface area contributed by atoms with Gasteiger partial charge in [-0.1, -0.05) is 49.4 Å². The summed E-state index contributed by atoms with van der Waals surface area (Å²) in [7, 11) is -2.97. The Morgan fingerprint density at radius 2 is 1.68 bits per heavy atom. The molecule has 0 saturated heterocycles. The summed E-state index contributed by atoms with van der Waals surface area (Å²) >= 11 is 0. The summed E-state index contributed by atoms with van der Waals surface area (Å²) in [6, 6.07) is 19.8. The lowest BCUT2D eigenvalue weighted by Gasteiger charge is -2.27. The third-order valence-corrected chi connectivity index (χ3v) is 7.64. The van der Waals surface area contributed by atoms with E-state index < -0.39 is 38.4 Å². The van der Waals surface area contributed by atoms with Crippen molar-refractivity contribution in [3.05, 3.63) is 106 Å². The van der Waals surface area contributed by atoms with Crippen LogP contribution in [0.1, 0.15) is 34.5 Å². The van der Waals surface area contributed by atoms with Crippen LogP contribution in [-0.2, 0) is 25.8 Å². The second-order valence-corrected chi connectivity index (χ2v) is 9.66. The van der Waals surface area contributed by atoms with Crippen molar-refractivity contribution in [1.82, 2.24) is 0 Å². The highest BCUT2D eigenvalue weighted by Gasteiger charge is 2.47. The van der Waals surface area contributed by atoms with Crippen molar-refractivity contribution in [2.75, 3.05) is 12.0 Å². The minimum atomic E-state index is -4.23. The first-order valence-electron chi connectivity index (χ1n) is 10.6. The average Bonchev–Trinajstić information content (AvgIpc) is 3.15. The standard InChI is InChI=1S/C26H23NO6S/c1-3-17-8-7-9-20(16-17)27-22(18-12-14-19(15-13-18)26(30)33-2)24(23(28)25(27)29)34(31,32)21-10-5-4-6-11-21/h4-16,22,28H,3H2,1-2H3/t22-/m1/s1. The maximum Gasteiger partial charge on any atom is 0.337 e. The lowest BCUT2D eigenvalue weighted by atomic mass is 10.0. The molecule has 1 N–H and O–H groups in total. The Morgan fingerprint density at radius 1 is 1.00 bits per heavy atom. The van der Waals surface area contributed by atoms with Crippen LogP contribution in [0.25, 0.3) is 0 Å². The van der Waals surface area contributed by atoms with Crippen LogP contribution in [-0.4, -0.2) is 32.5 Å². The largest absolute Gasteiger partial charge is 0.502 e. The van der Waals surface area contributed by atoms with Crippen LogP contribution in [0.5, 0.6) is 0 Å². The summed E-state index contributed by atoms with van der Waals surface area (Å²) in [4.78, 5) is 26.0. The summed E-state index contributed by atoms with van der Waals surface area (Å²) < 4.78 is 32.0. The first kappa shape index (κ1) is 23.3. The Morgan fingerprint density at radius 3 is 2.29 bits per heavy atom. The zero-order chi connectivity index (χ0) is 24.5. The molecular formula is C26H23NO6S. The highest BCUT2D eigenvalue weighted by molar-refractivity contribution is 7.95. The summed E-state index contributed by atoms with van der Waals surface area (Å²) in [6.07, 6.45) is 0.711. The Hall–Kier alpha value is -3.91. The minimum absolute atomic E-state index is 0.0373. The Labute approximate surface area is 197 Å². The van der Waals surface area contributed by atoms with Crippen molar-refractivity contribution in [3.63, 3.8) is 0 Å². The molecule has 0 fully saturated rings. The predicted molar refractivity (Wildman–Crippen MR) is 127 cm³/mol. The van der Waals surface area contributed by atoms with Crippen LogP contribution in [0.15, 0.2) is 94.4 Å². The summed E-state index contributed by atoms with van der Waals surface area (Å²) in [5.74, 6) is -2.19. The molecule has 1 heterocycles. The number of benzene rings is 3. The van der Waals surface area contributed by atoms with Gasteiger partial charge in [-0.2, -0.15) is 0 Å². The van der Waals surface area contributed by atoms with Crippen LogP contribution in [0.3, 0.4) is 0 Å². The number of sulfone groups is 1. The zero-order valence-electron chi connectivity index (χ0n) is 18.6. The minimum Gasteiger partial charge on any atom is -0.502 e. The molecule has 0 aromatic heterocycles. The number of aryl methyl sites for hydroxylation is 1. The van der Waals surface area contributed by atoms with Crippen molar-refractivity contribution in [2.45, 2.75) is 24.3 Å². The van der Waals surface area contributed by atoms with E-state index in [0.29, 0.717) is 17.7 Å². The lowest BCUT2D eigenvalue weighted by molar-refractivity contribution is -0.117. The number of esters is 1. The maximum absolute atomic E-state index is 13.6. The third-order valence-electron chi connectivity index (χ3n) is 5.75. The molecule has 34 heavy (non-hydrogen) atoms. The van der Waals surface area contributed by atoms with E-state index in [1.165, 1.54) is 36.3 Å². The molecule has 3 aromatic rings. The first-order valence-corrected chi connectivity index (χ1v) is 12.1. The SMILES string of the molecule is CCc1cccc(N2C(=O)C(O)=C(S(=O)(=O)c3ccccc3)[C@H]2c2ccc(C(=O)OC)cc2)c1. The van der Waals surface area contributed by atoms with Crippen LogP contribution < -0.4 is 4.90 Å². The number of carbonyl (C=O) groups excluding carboxylic acids is 2. The molecule has 0 radical (unpaired) electrons. The number of aliphatic hydroxyl groups excluding tert-OH is 1. The number of hydrogen-bond acceptors (Lipinski definition) is 6. The Balaban J connectivity index is 1.92. The number of nitrogens with zero attached hydrogens (tertiary/aromatic N) is 1. The molecule has 0 aliphatic carbocycles. The lowest BCUT2D eigenvalue weighted by Crippen LogP contribution is -2.31. The number of carbonyl (C=O) groups is 2. The number of anilines is 1. The van der Waals surface area contributed by atoms with Gasteiger partial charge in [0.05, 0.1) is 17.6 Å². The van der Waals surface area contributed by atoms with Gasteiger partial charge in [-0.25, -0.2) is 13.2 Å². The normalized spacial score (nSPS) is 16.1. The molecule has 3 aromatic carbocycles. The van der Waals surface area contributed by atoms with Gasteiger partial charge in [0.1, 0.15) is 10.9 Å². The molecule has 1 aliphatic rings. The molecule has 1 amide bonds. The van der Waals surface area contributed by atoms with E-state index in [0.717, 1.165) is 5.56 Å². The van der Waals surface area contributed by atoms with Gasteiger partial charge in [-0.05, 0) is 53.9 Å². The molecule has 4 rings (SSSR count). The Bertz CT molecular complexity index is 1380. The third kappa shape index (κ3) is 3.97. The van der Waals surface area contributed by atoms with Crippen LogP contribution >= 0.6 is 0 Å². The first-order chi connectivity index (χ1) is 16.3. The Kier molecular flexibility index (Phi) is 6.26. The maximum atomic E-state index is 13.6. The van der Waals surface area contributed by atoms with Gasteiger partial charge < -0.3 is 9.84 Å². The van der Waals surface area contributed by atoms with Crippen molar-refractivity contribution in [1.29, 1.82) is 0 Å². The molecule has 1 atom stereocenters. The van der Waals surface area contributed by atoms with E-state index in [4.69, 9.17) is 4.74 Å². The highest BCUT2D eigenvalue weighted by Crippen LogP contribution is 2.45. The molecule has 0 saturated carbocycles. The molecule has 7 nitrogen and oxygen atoms in total. The van der Waals surface area contributed by atoms with Gasteiger partial charge in [0.15, 0.2) is 5.76 Å². The molecule has 0 spiro atoms. The fourth-order valence-electron chi connectivity index (χ4n) is 4.00. The molecular weight excluding hydrogens is 454 g/mol. The fourth-order valence-corrected chi connectivity index (χ4v) is 5.64. The number of aliphatic hydroxyl groups is 1. The number of ether oxygens (including phenoxy) is 1. The van der Waals surface area contributed by atoms with Gasteiger partial charge >= 0.3 is 5.97 Å². The monoisotopic (exact) mass is 477 g/mol. The summed E-state index contributed by atoms with van der Waals surface area (Å²) in [5.41, 5.74) is 2.09. The number of rotatable bonds is 6. The highest BCUT2D eigenvalue weighted by atomic mass is 32.2. The van der Waals surface area contributed by atoms with Gasteiger partial charge in [0.2, 0.25) is 9.84 Å². The second kappa shape index (κ2) is 9.15. The van der Waals surface area contributed by atoms with E-state index >= 15 is 0 Å². The zero-order valence-corrected chi connectivity index (χ0v) is 19.5. The van der Waals surface area contributed by atoms with Gasteiger partial charge in [-0.15, -0.1) is 0 Å². The van der Waals surface area contributed by atoms with Crippen LogP contribution in [0.4, 0.5) is 5.69 Å². The van der Waals surface area contributed by atoms with Crippen LogP contribution in [0.2, 0.25) is 0 Å². The molecule has 0 bridgehead atoms. The average molecular weight is 478 g/mol. The van der Waals surface area contributed by atoms with Crippen molar-refractivity contribution in [2.24, 2.45) is 0 Å². The molecule has 174 valence electrons. The smallest absolute Gasteiger partial charge is 0.337 e. The summed E-state index contributed by atoms with van der Waals surface area (Å²) in [6.45, 7) is 1.97. The quantitative estimate of drug-likeness (QED) is 0.529. The van der Waals surface area contributed by atoms with E-state index in [1.54, 1.807) is 48.5 Å². The molecule has 8 heteroatoms. The summed E-state index contributed by atoms with van der Waals surface area (Å²) in [5, 5.41) is 10.9. The fraction of sp³-hybridized carbons (Fsp3) is 0.154. The second-order valence-electron chi connectivity index (χ2n) is 7.74. The topological polar surface area (TPSA) is 101 Å². The number of hydrogen-bond donors (Lipinski definition) is 1. The van der Waals surface area contributed by atoms with E-state index in [2.05, 4.69) is 0 Å².